The van der Waals surface area contributed by atoms with E-state index in [1.54, 1.807) is 0 Å². The van der Waals surface area contributed by atoms with Gasteiger partial charge in [-0.2, -0.15) is 0 Å². The first-order chi connectivity index (χ1) is 5.66. The Morgan fingerprint density at radius 1 is 1.25 bits per heavy atom. The lowest BCUT2D eigenvalue weighted by molar-refractivity contribution is 0.803. The van der Waals surface area contributed by atoms with E-state index in [1.807, 2.05) is 6.08 Å². The standard InChI is InChI=1S/C12H20/c1-5-6-9-12(4)10-7-8-11(2)3/h5,9H,1-2,6-8,10H2,3-4H3/b12-9+. The molecule has 0 bridgehead atoms. The Kier molecular flexibility index (Phi) is 6.45. The van der Waals surface area contributed by atoms with Crippen molar-refractivity contribution >= 4 is 0 Å². The number of allylic oxidation sites excluding steroid dienone is 4. The summed E-state index contributed by atoms with van der Waals surface area (Å²) >= 11 is 0. The van der Waals surface area contributed by atoms with E-state index < -0.39 is 0 Å². The first-order valence-electron chi connectivity index (χ1n) is 4.57. The van der Waals surface area contributed by atoms with Crippen LogP contribution in [0.4, 0.5) is 0 Å². The lowest BCUT2D eigenvalue weighted by Gasteiger charge is -2.00. The molecule has 0 saturated heterocycles. The summed E-state index contributed by atoms with van der Waals surface area (Å²) in [5.74, 6) is 0. The molecule has 12 heavy (non-hydrogen) atoms. The third-order valence-electron chi connectivity index (χ3n) is 1.81. The van der Waals surface area contributed by atoms with Crippen LogP contribution in [-0.4, -0.2) is 0 Å². The SMILES string of the molecule is C=CC/C=C(\C)CCCC(=C)C. The second kappa shape index (κ2) is 6.90. The van der Waals surface area contributed by atoms with Crippen LogP contribution in [-0.2, 0) is 0 Å². The maximum absolute atomic E-state index is 3.88. The molecule has 0 N–H and O–H groups in total. The monoisotopic (exact) mass is 164 g/mol. The Morgan fingerprint density at radius 2 is 1.92 bits per heavy atom. The minimum absolute atomic E-state index is 0.999. The van der Waals surface area contributed by atoms with Crippen LogP contribution in [0.2, 0.25) is 0 Å². The molecule has 0 heterocycles. The second-order valence-electron chi connectivity index (χ2n) is 3.39. The van der Waals surface area contributed by atoms with Gasteiger partial charge in [-0.1, -0.05) is 23.3 Å². The molecule has 0 atom stereocenters. The molecule has 0 heteroatoms. The Balaban J connectivity index is 3.49. The molecule has 0 radical (unpaired) electrons. The largest absolute Gasteiger partial charge is 0.103 e. The van der Waals surface area contributed by atoms with Gasteiger partial charge in [0.1, 0.15) is 0 Å². The Hall–Kier alpha value is -0.780. The third-order valence-corrected chi connectivity index (χ3v) is 1.81. The Bertz CT molecular complexity index is 172. The van der Waals surface area contributed by atoms with Crippen LogP contribution in [0.1, 0.15) is 39.5 Å². The van der Waals surface area contributed by atoms with Crippen LogP contribution in [0.15, 0.2) is 36.5 Å². The highest BCUT2D eigenvalue weighted by Gasteiger charge is 1.90. The molecule has 0 saturated carbocycles. The predicted molar refractivity (Wildman–Crippen MR) is 57.2 cm³/mol. The number of hydrogen-bond donors (Lipinski definition) is 0. The van der Waals surface area contributed by atoms with Crippen LogP contribution in [0.3, 0.4) is 0 Å². The number of hydrogen-bond acceptors (Lipinski definition) is 0. The van der Waals surface area contributed by atoms with Crippen molar-refractivity contribution in [3.05, 3.63) is 36.5 Å². The van der Waals surface area contributed by atoms with Crippen LogP contribution in [0.5, 0.6) is 0 Å². The average Bonchev–Trinajstić information content (AvgIpc) is 2.00. The summed E-state index contributed by atoms with van der Waals surface area (Å²) in [7, 11) is 0. The van der Waals surface area contributed by atoms with Crippen LogP contribution in [0.25, 0.3) is 0 Å². The summed E-state index contributed by atoms with van der Waals surface area (Å²) in [4.78, 5) is 0. The fourth-order valence-corrected chi connectivity index (χ4v) is 1.06. The molecule has 0 aliphatic heterocycles. The fraction of sp³-hybridized carbons (Fsp3) is 0.500. The summed E-state index contributed by atoms with van der Waals surface area (Å²) in [6.07, 6.45) is 8.75. The van der Waals surface area contributed by atoms with Crippen LogP contribution >= 0.6 is 0 Å². The third kappa shape index (κ3) is 7.33. The molecule has 0 spiro atoms. The summed E-state index contributed by atoms with van der Waals surface area (Å²) in [5.41, 5.74) is 2.75. The molecular formula is C12H20. The van der Waals surface area contributed by atoms with Gasteiger partial charge in [0, 0.05) is 0 Å². The molecule has 0 unspecified atom stereocenters. The zero-order chi connectivity index (χ0) is 9.40. The zero-order valence-electron chi connectivity index (χ0n) is 8.40. The van der Waals surface area contributed by atoms with Crippen LogP contribution in [0, 0.1) is 0 Å². The quantitative estimate of drug-likeness (QED) is 0.515. The average molecular weight is 164 g/mol. The van der Waals surface area contributed by atoms with Gasteiger partial charge in [0.15, 0.2) is 0 Å². The van der Waals surface area contributed by atoms with Crippen molar-refractivity contribution in [3.8, 4) is 0 Å². The Morgan fingerprint density at radius 3 is 2.42 bits per heavy atom. The summed E-state index contributed by atoms with van der Waals surface area (Å²) in [5, 5.41) is 0. The molecule has 68 valence electrons. The zero-order valence-corrected chi connectivity index (χ0v) is 8.40. The maximum atomic E-state index is 3.88. The molecule has 0 aromatic heterocycles. The van der Waals surface area contributed by atoms with E-state index in [-0.39, 0.29) is 0 Å². The molecule has 0 nitrogen and oxygen atoms in total. The minimum atomic E-state index is 0.999. The molecule has 0 rings (SSSR count). The van der Waals surface area contributed by atoms with E-state index in [0.29, 0.717) is 0 Å². The summed E-state index contributed by atoms with van der Waals surface area (Å²) in [6, 6.07) is 0. The van der Waals surface area contributed by atoms with Gasteiger partial charge >= 0.3 is 0 Å². The van der Waals surface area contributed by atoms with Gasteiger partial charge < -0.3 is 0 Å². The van der Waals surface area contributed by atoms with E-state index in [1.165, 1.54) is 24.0 Å². The molecule has 0 fully saturated rings. The van der Waals surface area contributed by atoms with Crippen molar-refractivity contribution in [2.75, 3.05) is 0 Å². The molecular weight excluding hydrogens is 144 g/mol. The van der Waals surface area contributed by atoms with Gasteiger partial charge in [-0.15, -0.1) is 13.2 Å². The van der Waals surface area contributed by atoms with Gasteiger partial charge in [0.05, 0.1) is 0 Å². The second-order valence-corrected chi connectivity index (χ2v) is 3.39. The highest BCUT2D eigenvalue weighted by Crippen LogP contribution is 2.10. The lowest BCUT2D eigenvalue weighted by atomic mass is 10.1. The normalized spacial score (nSPS) is 11.3. The first kappa shape index (κ1) is 11.2. The van der Waals surface area contributed by atoms with Crippen molar-refractivity contribution in [3.63, 3.8) is 0 Å². The van der Waals surface area contributed by atoms with E-state index in [9.17, 15) is 0 Å². The van der Waals surface area contributed by atoms with E-state index >= 15 is 0 Å². The lowest BCUT2D eigenvalue weighted by Crippen LogP contribution is -1.80. The van der Waals surface area contributed by atoms with Gasteiger partial charge in [0.25, 0.3) is 0 Å². The Labute approximate surface area is 76.7 Å². The van der Waals surface area contributed by atoms with Gasteiger partial charge in [-0.25, -0.2) is 0 Å². The fourth-order valence-electron chi connectivity index (χ4n) is 1.06. The summed E-state index contributed by atoms with van der Waals surface area (Å²) in [6.45, 7) is 11.8. The van der Waals surface area contributed by atoms with Crippen molar-refractivity contribution in [1.82, 2.24) is 0 Å². The van der Waals surface area contributed by atoms with Crippen molar-refractivity contribution in [2.24, 2.45) is 0 Å². The molecule has 0 aromatic rings. The van der Waals surface area contributed by atoms with Gasteiger partial charge in [-0.05, 0) is 39.5 Å². The highest BCUT2D eigenvalue weighted by atomic mass is 14.0. The molecule has 0 aromatic carbocycles. The number of rotatable bonds is 6. The van der Waals surface area contributed by atoms with Gasteiger partial charge in [-0.3, -0.25) is 0 Å². The van der Waals surface area contributed by atoms with Crippen LogP contribution < -0.4 is 0 Å². The molecule has 0 aliphatic carbocycles. The minimum Gasteiger partial charge on any atom is -0.103 e. The topological polar surface area (TPSA) is 0 Å². The molecule has 0 aliphatic rings. The van der Waals surface area contributed by atoms with Crippen molar-refractivity contribution < 1.29 is 0 Å². The molecule has 0 amide bonds. The van der Waals surface area contributed by atoms with Crippen molar-refractivity contribution in [2.45, 2.75) is 39.5 Å². The first-order valence-corrected chi connectivity index (χ1v) is 4.57. The van der Waals surface area contributed by atoms with E-state index in [4.69, 9.17) is 0 Å². The smallest absolute Gasteiger partial charge is 0.0169 e. The maximum Gasteiger partial charge on any atom is -0.0169 e. The highest BCUT2D eigenvalue weighted by molar-refractivity contribution is 5.01. The van der Waals surface area contributed by atoms with E-state index in [2.05, 4.69) is 33.1 Å². The van der Waals surface area contributed by atoms with Gasteiger partial charge in [0.2, 0.25) is 0 Å². The summed E-state index contributed by atoms with van der Waals surface area (Å²) < 4.78 is 0. The van der Waals surface area contributed by atoms with Crippen molar-refractivity contribution in [1.29, 1.82) is 0 Å². The van der Waals surface area contributed by atoms with E-state index in [0.717, 1.165) is 12.8 Å². The predicted octanol–water partition coefficient (Wildman–Crippen LogP) is 4.26.